The first-order valence-corrected chi connectivity index (χ1v) is 8.59. The van der Waals surface area contributed by atoms with Gasteiger partial charge in [0.05, 0.1) is 13.2 Å². The molecule has 0 aromatic carbocycles. The topological polar surface area (TPSA) is 56.6 Å². The van der Waals surface area contributed by atoms with Crippen molar-refractivity contribution in [3.05, 3.63) is 18.0 Å². The molecule has 1 spiro atoms. The number of carbonyl (C=O) groups is 1. The van der Waals surface area contributed by atoms with Crippen LogP contribution in [0.25, 0.3) is 0 Å². The van der Waals surface area contributed by atoms with Crippen LogP contribution >= 0.6 is 0 Å². The molecule has 2 aliphatic heterocycles. The van der Waals surface area contributed by atoms with Crippen molar-refractivity contribution in [1.29, 1.82) is 0 Å². The molecule has 0 bridgehead atoms. The monoisotopic (exact) mass is 321 g/mol. The van der Waals surface area contributed by atoms with E-state index < -0.39 is 0 Å². The molecule has 1 atom stereocenters. The summed E-state index contributed by atoms with van der Waals surface area (Å²) in [5.74, 6) is 0.497. The van der Waals surface area contributed by atoms with Crippen molar-refractivity contribution in [2.75, 3.05) is 39.5 Å². The molecule has 1 aromatic heterocycles. The van der Waals surface area contributed by atoms with Gasteiger partial charge in [0.15, 0.2) is 0 Å². The van der Waals surface area contributed by atoms with E-state index in [1.807, 2.05) is 25.1 Å². The zero-order chi connectivity index (χ0) is 16.3. The predicted octanol–water partition coefficient (Wildman–Crippen LogP) is 1.72. The van der Waals surface area contributed by atoms with Crippen LogP contribution in [0, 0.1) is 11.3 Å². The van der Waals surface area contributed by atoms with E-state index in [4.69, 9.17) is 9.47 Å². The second kappa shape index (κ2) is 7.01. The van der Waals surface area contributed by atoms with Crippen LogP contribution in [-0.4, -0.2) is 60.1 Å². The maximum Gasteiger partial charge on any atom is 0.274 e. The number of aryl methyl sites for hydroxylation is 1. The Morgan fingerprint density at radius 2 is 2.22 bits per heavy atom. The van der Waals surface area contributed by atoms with Crippen LogP contribution < -0.4 is 0 Å². The van der Waals surface area contributed by atoms with E-state index in [0.717, 1.165) is 58.8 Å². The Morgan fingerprint density at radius 1 is 1.43 bits per heavy atom. The third kappa shape index (κ3) is 3.43. The van der Waals surface area contributed by atoms with Crippen molar-refractivity contribution < 1.29 is 14.3 Å². The predicted molar refractivity (Wildman–Crippen MR) is 86.2 cm³/mol. The summed E-state index contributed by atoms with van der Waals surface area (Å²) in [7, 11) is 1.84. The number of ether oxygens (including phenoxy) is 2. The summed E-state index contributed by atoms with van der Waals surface area (Å²) in [4.78, 5) is 14.5. The number of amides is 1. The SMILES string of the molecule is CCOCC1COCCC12CCN(C(=O)c1ccn(C)n1)CC2. The summed E-state index contributed by atoms with van der Waals surface area (Å²) in [6.07, 6.45) is 4.96. The van der Waals surface area contributed by atoms with Crippen LogP contribution in [0.2, 0.25) is 0 Å². The van der Waals surface area contributed by atoms with E-state index >= 15 is 0 Å². The smallest absolute Gasteiger partial charge is 0.274 e. The molecule has 0 aliphatic carbocycles. The van der Waals surface area contributed by atoms with Gasteiger partial charge >= 0.3 is 0 Å². The summed E-state index contributed by atoms with van der Waals surface area (Å²) in [6, 6.07) is 1.79. The van der Waals surface area contributed by atoms with E-state index in [1.165, 1.54) is 0 Å². The van der Waals surface area contributed by atoms with Crippen molar-refractivity contribution >= 4 is 5.91 Å². The van der Waals surface area contributed by atoms with Crippen LogP contribution in [0.3, 0.4) is 0 Å². The zero-order valence-electron chi connectivity index (χ0n) is 14.2. The lowest BCUT2D eigenvalue weighted by molar-refractivity contribution is -0.0956. The highest BCUT2D eigenvalue weighted by molar-refractivity contribution is 5.92. The Labute approximate surface area is 137 Å². The van der Waals surface area contributed by atoms with Crippen LogP contribution in [-0.2, 0) is 16.5 Å². The third-order valence-corrected chi connectivity index (χ3v) is 5.43. The van der Waals surface area contributed by atoms with Gasteiger partial charge < -0.3 is 14.4 Å². The van der Waals surface area contributed by atoms with Crippen LogP contribution in [0.4, 0.5) is 0 Å². The van der Waals surface area contributed by atoms with Gasteiger partial charge in [-0.05, 0) is 37.7 Å². The normalized spacial score (nSPS) is 24.1. The lowest BCUT2D eigenvalue weighted by Gasteiger charge is -2.48. The van der Waals surface area contributed by atoms with Crippen LogP contribution in [0.15, 0.2) is 12.3 Å². The summed E-state index contributed by atoms with van der Waals surface area (Å²) >= 11 is 0. The molecular formula is C17H27N3O3. The van der Waals surface area contributed by atoms with E-state index in [2.05, 4.69) is 5.10 Å². The minimum atomic E-state index is 0.0499. The number of rotatable bonds is 4. The standard InChI is InChI=1S/C17H27N3O3/c1-3-22-12-14-13-23-11-7-17(14)5-9-20(10-6-17)16(21)15-4-8-19(2)18-15/h4,8,14H,3,5-7,9-13H2,1-2H3. The summed E-state index contributed by atoms with van der Waals surface area (Å²) in [6.45, 7) is 6.77. The second-order valence-corrected chi connectivity index (χ2v) is 6.71. The van der Waals surface area contributed by atoms with E-state index in [-0.39, 0.29) is 11.3 Å². The molecule has 1 aromatic rings. The highest BCUT2D eigenvalue weighted by Gasteiger charge is 2.44. The molecule has 0 N–H and O–H groups in total. The van der Waals surface area contributed by atoms with Crippen LogP contribution in [0.1, 0.15) is 36.7 Å². The number of aromatic nitrogens is 2. The zero-order valence-corrected chi connectivity index (χ0v) is 14.2. The maximum atomic E-state index is 12.5. The van der Waals surface area contributed by atoms with E-state index in [0.29, 0.717) is 11.6 Å². The Bertz CT molecular complexity index is 535. The molecule has 6 nitrogen and oxygen atoms in total. The molecule has 0 radical (unpaired) electrons. The van der Waals surface area contributed by atoms with E-state index in [9.17, 15) is 4.79 Å². The van der Waals surface area contributed by atoms with Gasteiger partial charge in [0.1, 0.15) is 5.69 Å². The fourth-order valence-corrected chi connectivity index (χ4v) is 3.87. The highest BCUT2D eigenvalue weighted by Crippen LogP contribution is 2.44. The first-order chi connectivity index (χ1) is 11.1. The molecule has 1 amide bonds. The molecule has 128 valence electrons. The molecule has 2 aliphatic rings. The maximum absolute atomic E-state index is 12.5. The largest absolute Gasteiger partial charge is 0.381 e. The van der Waals surface area contributed by atoms with Gasteiger partial charge in [-0.15, -0.1) is 0 Å². The number of hydrogen-bond acceptors (Lipinski definition) is 4. The second-order valence-electron chi connectivity index (χ2n) is 6.71. The number of nitrogens with zero attached hydrogens (tertiary/aromatic N) is 3. The van der Waals surface area contributed by atoms with Gasteiger partial charge in [0, 0.05) is 45.5 Å². The summed E-state index contributed by atoms with van der Waals surface area (Å²) < 4.78 is 13.0. The minimum Gasteiger partial charge on any atom is -0.381 e. The van der Waals surface area contributed by atoms with Gasteiger partial charge in [0.25, 0.3) is 5.91 Å². The van der Waals surface area contributed by atoms with Crippen molar-refractivity contribution in [1.82, 2.24) is 14.7 Å². The van der Waals surface area contributed by atoms with Gasteiger partial charge in [0.2, 0.25) is 0 Å². The third-order valence-electron chi connectivity index (χ3n) is 5.43. The molecule has 23 heavy (non-hydrogen) atoms. The lowest BCUT2D eigenvalue weighted by atomic mass is 9.66. The van der Waals surface area contributed by atoms with Crippen molar-refractivity contribution in [3.63, 3.8) is 0 Å². The lowest BCUT2D eigenvalue weighted by Crippen LogP contribution is -2.50. The Kier molecular flexibility index (Phi) is 5.02. The molecule has 3 heterocycles. The molecule has 6 heteroatoms. The molecule has 2 fully saturated rings. The number of piperidine rings is 1. The molecule has 1 unspecified atom stereocenters. The molecule has 2 saturated heterocycles. The number of likely N-dealkylation sites (tertiary alicyclic amines) is 1. The van der Waals surface area contributed by atoms with Crippen molar-refractivity contribution in [2.24, 2.45) is 18.4 Å². The van der Waals surface area contributed by atoms with Gasteiger partial charge in [-0.3, -0.25) is 9.48 Å². The quantitative estimate of drug-likeness (QED) is 0.847. The number of hydrogen-bond donors (Lipinski definition) is 0. The first-order valence-electron chi connectivity index (χ1n) is 8.59. The molecule has 0 saturated carbocycles. The molecular weight excluding hydrogens is 294 g/mol. The van der Waals surface area contributed by atoms with Gasteiger partial charge in [-0.1, -0.05) is 0 Å². The Hall–Kier alpha value is -1.40. The minimum absolute atomic E-state index is 0.0499. The Morgan fingerprint density at radius 3 is 2.87 bits per heavy atom. The fourth-order valence-electron chi connectivity index (χ4n) is 3.87. The van der Waals surface area contributed by atoms with E-state index in [1.54, 1.807) is 10.7 Å². The van der Waals surface area contributed by atoms with Crippen LogP contribution in [0.5, 0.6) is 0 Å². The van der Waals surface area contributed by atoms with Crippen molar-refractivity contribution in [3.8, 4) is 0 Å². The van der Waals surface area contributed by atoms with Crippen molar-refractivity contribution in [2.45, 2.75) is 26.2 Å². The molecule has 3 rings (SSSR count). The average molecular weight is 321 g/mol. The Balaban J connectivity index is 1.63. The van der Waals surface area contributed by atoms with Gasteiger partial charge in [-0.25, -0.2) is 0 Å². The highest BCUT2D eigenvalue weighted by atomic mass is 16.5. The fraction of sp³-hybridized carbons (Fsp3) is 0.765. The number of carbonyl (C=O) groups excluding carboxylic acids is 1. The summed E-state index contributed by atoms with van der Waals surface area (Å²) in [5.41, 5.74) is 0.815. The average Bonchev–Trinajstić information content (AvgIpc) is 3.01. The first kappa shape index (κ1) is 16.5. The van der Waals surface area contributed by atoms with Gasteiger partial charge in [-0.2, -0.15) is 5.10 Å². The summed E-state index contributed by atoms with van der Waals surface area (Å²) in [5, 5.41) is 4.23.